The lowest BCUT2D eigenvalue weighted by molar-refractivity contribution is -0.137. The highest BCUT2D eigenvalue weighted by molar-refractivity contribution is 6.14. The zero-order valence-corrected chi connectivity index (χ0v) is 16.2. The number of benzene rings is 1. The van der Waals surface area contributed by atoms with Gasteiger partial charge in [0.15, 0.2) is 5.65 Å². The number of anilines is 3. The minimum absolute atomic E-state index is 0.0209. The van der Waals surface area contributed by atoms with Crippen molar-refractivity contribution < 1.29 is 22.8 Å². The van der Waals surface area contributed by atoms with E-state index in [2.05, 4.69) is 36.3 Å². The van der Waals surface area contributed by atoms with Gasteiger partial charge in [0.1, 0.15) is 5.70 Å². The van der Waals surface area contributed by atoms with E-state index in [0.717, 1.165) is 25.0 Å². The Kier molecular flexibility index (Phi) is 4.46. The Balaban J connectivity index is 1.55. The van der Waals surface area contributed by atoms with E-state index in [0.29, 0.717) is 17.2 Å². The fraction of sp³-hybridized carbons (Fsp3) is 0.211. The molecule has 1 saturated carbocycles. The summed E-state index contributed by atoms with van der Waals surface area (Å²) in [5.74, 6) is -0.210. The summed E-state index contributed by atoms with van der Waals surface area (Å²) in [5, 5.41) is 14.7. The predicted octanol–water partition coefficient (Wildman–Crippen LogP) is 2.64. The van der Waals surface area contributed by atoms with Crippen LogP contribution in [-0.4, -0.2) is 37.6 Å². The molecule has 32 heavy (non-hydrogen) atoms. The van der Waals surface area contributed by atoms with Gasteiger partial charge < -0.3 is 16.0 Å². The van der Waals surface area contributed by atoms with E-state index >= 15 is 0 Å². The van der Waals surface area contributed by atoms with E-state index in [4.69, 9.17) is 0 Å². The number of amides is 3. The summed E-state index contributed by atoms with van der Waals surface area (Å²) in [5.41, 5.74) is 0.0680. The summed E-state index contributed by atoms with van der Waals surface area (Å²) in [7, 11) is 0. The lowest BCUT2D eigenvalue weighted by Crippen LogP contribution is -2.22. The van der Waals surface area contributed by atoms with Crippen molar-refractivity contribution in [2.45, 2.75) is 25.1 Å². The summed E-state index contributed by atoms with van der Waals surface area (Å²) in [6.45, 7) is 0. The number of aromatic nitrogens is 4. The van der Waals surface area contributed by atoms with E-state index in [1.54, 1.807) is 0 Å². The molecule has 13 heteroatoms. The van der Waals surface area contributed by atoms with Crippen molar-refractivity contribution in [3.05, 3.63) is 47.3 Å². The van der Waals surface area contributed by atoms with Gasteiger partial charge in [-0.05, 0) is 37.1 Å². The number of halogens is 3. The largest absolute Gasteiger partial charge is 0.416 e. The molecule has 0 radical (unpaired) electrons. The summed E-state index contributed by atoms with van der Waals surface area (Å²) >= 11 is 0. The predicted molar refractivity (Wildman–Crippen MR) is 107 cm³/mol. The zero-order valence-electron chi connectivity index (χ0n) is 16.2. The number of imide groups is 1. The Morgan fingerprint density at radius 2 is 1.97 bits per heavy atom. The molecule has 2 aromatic heterocycles. The third kappa shape index (κ3) is 3.91. The van der Waals surface area contributed by atoms with E-state index in [9.17, 15) is 22.8 Å². The van der Waals surface area contributed by atoms with Crippen molar-refractivity contribution in [3.8, 4) is 0 Å². The van der Waals surface area contributed by atoms with Crippen molar-refractivity contribution in [1.82, 2.24) is 30.2 Å². The van der Waals surface area contributed by atoms with Crippen molar-refractivity contribution >= 4 is 41.2 Å². The molecule has 0 bridgehead atoms. The Morgan fingerprint density at radius 3 is 2.66 bits per heavy atom. The Morgan fingerprint density at radius 1 is 1.16 bits per heavy atom. The first-order chi connectivity index (χ1) is 15.3. The van der Waals surface area contributed by atoms with Crippen LogP contribution in [0.3, 0.4) is 0 Å². The number of carbonyl (C=O) groups excluding carboxylic acids is 2. The molecule has 0 atom stereocenters. The van der Waals surface area contributed by atoms with Crippen molar-refractivity contribution in [3.63, 3.8) is 0 Å². The number of nitrogens with zero attached hydrogens (tertiary/aromatic N) is 4. The second-order valence-corrected chi connectivity index (χ2v) is 7.29. The second kappa shape index (κ2) is 7.21. The van der Waals surface area contributed by atoms with Crippen LogP contribution in [0.25, 0.3) is 11.7 Å². The van der Waals surface area contributed by atoms with Gasteiger partial charge in [0.25, 0.3) is 5.91 Å². The molecule has 0 spiro atoms. The third-order valence-electron chi connectivity index (χ3n) is 4.77. The van der Waals surface area contributed by atoms with Gasteiger partial charge in [-0.15, -0.1) is 0 Å². The fourth-order valence-corrected chi connectivity index (χ4v) is 3.10. The maximum absolute atomic E-state index is 13.0. The highest BCUT2D eigenvalue weighted by atomic mass is 19.4. The fourth-order valence-electron chi connectivity index (χ4n) is 3.10. The molecule has 3 aromatic rings. The lowest BCUT2D eigenvalue weighted by atomic mass is 10.2. The molecule has 1 aliphatic heterocycles. The third-order valence-corrected chi connectivity index (χ3v) is 4.77. The molecule has 164 valence electrons. The highest BCUT2D eigenvalue weighted by Crippen LogP contribution is 2.31. The van der Waals surface area contributed by atoms with Crippen LogP contribution in [0.15, 0.2) is 36.2 Å². The molecule has 3 heterocycles. The first kappa shape index (κ1) is 19.8. The van der Waals surface area contributed by atoms with Crippen molar-refractivity contribution in [2.75, 3.05) is 10.6 Å². The topological polar surface area (TPSA) is 125 Å². The maximum atomic E-state index is 13.0. The van der Waals surface area contributed by atoms with Gasteiger partial charge in [0, 0.05) is 17.3 Å². The van der Waals surface area contributed by atoms with Gasteiger partial charge in [0.2, 0.25) is 11.9 Å². The van der Waals surface area contributed by atoms with Gasteiger partial charge >= 0.3 is 12.2 Å². The van der Waals surface area contributed by atoms with E-state index < -0.39 is 23.7 Å². The Labute approximate surface area is 177 Å². The summed E-state index contributed by atoms with van der Waals surface area (Å²) in [4.78, 5) is 31.9. The Hall–Kier alpha value is -4.16. The minimum atomic E-state index is -4.49. The van der Waals surface area contributed by atoms with Gasteiger partial charge in [-0.25, -0.2) is 4.79 Å². The molecule has 5 rings (SSSR count). The Bertz CT molecular complexity index is 1280. The van der Waals surface area contributed by atoms with Crippen molar-refractivity contribution in [2.24, 2.45) is 0 Å². The van der Waals surface area contributed by atoms with Gasteiger partial charge in [-0.1, -0.05) is 6.07 Å². The molecule has 10 nitrogen and oxygen atoms in total. The molecule has 1 saturated heterocycles. The maximum Gasteiger partial charge on any atom is 0.416 e. The normalized spacial score (nSPS) is 17.5. The molecule has 1 aromatic carbocycles. The average Bonchev–Trinajstić information content (AvgIpc) is 3.36. The van der Waals surface area contributed by atoms with Gasteiger partial charge in [-0.2, -0.15) is 32.8 Å². The molecular weight excluding hydrogens is 429 g/mol. The molecular formula is C19H15F3N8O2. The number of alkyl halides is 3. The number of rotatable bonds is 5. The van der Waals surface area contributed by atoms with E-state index in [1.807, 2.05) is 0 Å². The second-order valence-electron chi connectivity index (χ2n) is 7.29. The standard InChI is InChI=1S/C19H15F3N8O2/c20-19(21,22)10-2-1-3-12(7-10)24-16-27-14-9(6-13-15(31)28-18(32)26-13)8-23-30(14)17(29-16)25-11-4-5-11/h1-3,6-8,11H,4-5H2,(H2,24,25,27,29)(H2,26,28,31,32)/b13-6-. The monoisotopic (exact) mass is 444 g/mol. The van der Waals surface area contributed by atoms with Gasteiger partial charge in [-0.3, -0.25) is 10.1 Å². The molecule has 1 aliphatic carbocycles. The van der Waals surface area contributed by atoms with Crippen LogP contribution in [0.1, 0.15) is 24.0 Å². The van der Waals surface area contributed by atoms with E-state index in [1.165, 1.54) is 28.9 Å². The van der Waals surface area contributed by atoms with Crippen molar-refractivity contribution in [1.29, 1.82) is 0 Å². The smallest absolute Gasteiger partial charge is 0.351 e. The van der Waals surface area contributed by atoms with E-state index in [-0.39, 0.29) is 23.4 Å². The minimum Gasteiger partial charge on any atom is -0.351 e. The highest BCUT2D eigenvalue weighted by Gasteiger charge is 2.30. The lowest BCUT2D eigenvalue weighted by Gasteiger charge is -2.12. The number of hydrogen-bond acceptors (Lipinski definition) is 7. The summed E-state index contributed by atoms with van der Waals surface area (Å²) in [6, 6.07) is 4.24. The zero-order chi connectivity index (χ0) is 22.5. The quantitative estimate of drug-likeness (QED) is 0.352. The van der Waals surface area contributed by atoms with Crippen LogP contribution in [0, 0.1) is 0 Å². The summed E-state index contributed by atoms with van der Waals surface area (Å²) < 4.78 is 40.6. The average molecular weight is 444 g/mol. The number of urea groups is 1. The molecule has 4 N–H and O–H groups in total. The van der Waals surface area contributed by atoms with Crippen LogP contribution in [0.5, 0.6) is 0 Å². The first-order valence-electron chi connectivity index (χ1n) is 9.57. The number of nitrogens with one attached hydrogen (secondary N) is 4. The molecule has 0 unspecified atom stereocenters. The molecule has 2 aliphatic rings. The van der Waals surface area contributed by atoms with Gasteiger partial charge in [0.05, 0.1) is 11.8 Å². The SMILES string of the molecule is O=C1NC(=O)/C(=C/c2cnn3c(NC4CC4)nc(Nc4cccc(C(F)(F)F)c4)nc23)N1. The van der Waals surface area contributed by atoms with Crippen LogP contribution in [0.4, 0.5) is 35.5 Å². The first-order valence-corrected chi connectivity index (χ1v) is 9.57. The van der Waals surface area contributed by atoms with Crippen LogP contribution < -0.4 is 21.3 Å². The number of carbonyl (C=O) groups is 2. The molecule has 3 amide bonds. The number of fused-ring (bicyclic) bond motifs is 1. The molecule has 2 fully saturated rings. The number of hydrogen-bond donors (Lipinski definition) is 4. The van der Waals surface area contributed by atoms with Crippen LogP contribution in [0.2, 0.25) is 0 Å². The van der Waals surface area contributed by atoms with Crippen LogP contribution >= 0.6 is 0 Å². The summed E-state index contributed by atoms with van der Waals surface area (Å²) in [6.07, 6.45) is 0.266. The van der Waals surface area contributed by atoms with Crippen LogP contribution in [-0.2, 0) is 11.0 Å².